The molecular formula is C5HN6+. The monoisotopic (exact) mass is 145 g/mol. The van der Waals surface area contributed by atoms with Crippen molar-refractivity contribution in [1.29, 1.82) is 10.7 Å². The lowest BCUT2D eigenvalue weighted by atomic mass is 10.5. The van der Waals surface area contributed by atoms with E-state index >= 15 is 0 Å². The van der Waals surface area contributed by atoms with Crippen LogP contribution in [0.25, 0.3) is 9.82 Å². The van der Waals surface area contributed by atoms with Crippen LogP contribution in [0.2, 0.25) is 0 Å². The standard InChI is InChI=1S/C5HN6/c1-8-4-3(2-6)9-5(10-4)11-7/h(H,9,10)/q+1. The number of hydrogen-bond acceptors (Lipinski definition) is 3. The molecule has 0 saturated carbocycles. The Bertz CT molecular complexity index is 363. The fourth-order valence-corrected chi connectivity index (χ4v) is 0.558. The van der Waals surface area contributed by atoms with Crippen LogP contribution in [0, 0.1) is 23.3 Å². The van der Waals surface area contributed by atoms with Gasteiger partial charge in [-0.25, -0.2) is 0 Å². The summed E-state index contributed by atoms with van der Waals surface area (Å²) in [5.74, 6) is -0.146. The van der Waals surface area contributed by atoms with Crippen LogP contribution in [-0.2, 0) is 0 Å². The van der Waals surface area contributed by atoms with Crippen LogP contribution in [0.4, 0.5) is 11.8 Å². The Morgan fingerprint density at radius 1 is 1.64 bits per heavy atom. The summed E-state index contributed by atoms with van der Waals surface area (Å²) in [4.78, 5) is 11.4. The van der Waals surface area contributed by atoms with Gasteiger partial charge < -0.3 is 4.85 Å². The first kappa shape index (κ1) is 6.73. The Hall–Kier alpha value is -2.39. The minimum atomic E-state index is -0.132. The molecule has 0 amide bonds. The molecule has 0 aliphatic rings. The summed E-state index contributed by atoms with van der Waals surface area (Å²) in [5.41, 5.74) is -0.0622. The number of aromatic amines is 1. The number of hydrogen-bond donors (Lipinski definition) is 1. The fraction of sp³-hybridized carbons (Fsp3) is 0. The fourth-order valence-electron chi connectivity index (χ4n) is 0.558. The number of nitriles is 1. The second-order valence-corrected chi connectivity index (χ2v) is 1.58. The van der Waals surface area contributed by atoms with Crippen molar-refractivity contribution in [1.82, 2.24) is 9.97 Å². The van der Waals surface area contributed by atoms with Gasteiger partial charge in [-0.05, 0) is 4.98 Å². The largest absolute Gasteiger partial charge is 0.513 e. The number of diazo groups is 1. The Kier molecular flexibility index (Phi) is 1.51. The molecule has 0 aromatic carbocycles. The van der Waals surface area contributed by atoms with Crippen molar-refractivity contribution in [3.63, 3.8) is 0 Å². The molecule has 1 N–H and O–H groups in total. The van der Waals surface area contributed by atoms with Gasteiger partial charge in [0, 0.05) is 0 Å². The van der Waals surface area contributed by atoms with Crippen LogP contribution in [0.3, 0.4) is 0 Å². The maximum atomic E-state index is 8.36. The molecule has 6 heteroatoms. The van der Waals surface area contributed by atoms with Crippen molar-refractivity contribution in [3.05, 3.63) is 22.1 Å². The van der Waals surface area contributed by atoms with E-state index in [1.807, 2.05) is 0 Å². The third-order valence-corrected chi connectivity index (χ3v) is 0.985. The van der Waals surface area contributed by atoms with Crippen LogP contribution in [0.5, 0.6) is 0 Å². The summed E-state index contributed by atoms with van der Waals surface area (Å²) < 4.78 is 0. The molecule has 0 unspecified atom stereocenters. The SMILES string of the molecule is [C-]#[N+]c1[nH]c([N+]#N)nc1C#N. The van der Waals surface area contributed by atoms with Crippen molar-refractivity contribution >= 4 is 11.8 Å². The van der Waals surface area contributed by atoms with Crippen molar-refractivity contribution in [2.45, 2.75) is 0 Å². The highest BCUT2D eigenvalue weighted by atomic mass is 15.1. The Morgan fingerprint density at radius 2 is 2.36 bits per heavy atom. The van der Waals surface area contributed by atoms with Gasteiger partial charge in [0.1, 0.15) is 6.07 Å². The highest BCUT2D eigenvalue weighted by Crippen LogP contribution is 2.18. The van der Waals surface area contributed by atoms with Crippen molar-refractivity contribution in [3.8, 4) is 6.07 Å². The predicted octanol–water partition coefficient (Wildman–Crippen LogP) is 1.32. The Labute approximate surface area is 61.5 Å². The van der Waals surface area contributed by atoms with Crippen LogP contribution < -0.4 is 0 Å². The molecule has 1 heterocycles. The molecule has 0 spiro atoms. The van der Waals surface area contributed by atoms with Gasteiger partial charge in [0.15, 0.2) is 0 Å². The summed E-state index contributed by atoms with van der Waals surface area (Å²) in [6.45, 7) is 6.56. The second-order valence-electron chi connectivity index (χ2n) is 1.58. The minimum absolute atomic E-state index is 0.0136. The topological polar surface area (TPSA) is 85.0 Å². The molecule has 0 bridgehead atoms. The van der Waals surface area contributed by atoms with Gasteiger partial charge in [0.25, 0.3) is 5.82 Å². The summed E-state index contributed by atoms with van der Waals surface area (Å²) in [7, 11) is 0. The highest BCUT2D eigenvalue weighted by molar-refractivity contribution is 5.54. The van der Waals surface area contributed by atoms with Gasteiger partial charge in [-0.3, -0.25) is 4.98 Å². The molecule has 11 heavy (non-hydrogen) atoms. The summed E-state index contributed by atoms with van der Waals surface area (Å²) in [5, 5.41) is 16.5. The average molecular weight is 145 g/mol. The number of nitrogens with zero attached hydrogens (tertiary/aromatic N) is 5. The van der Waals surface area contributed by atoms with Gasteiger partial charge in [-0.2, -0.15) is 5.26 Å². The van der Waals surface area contributed by atoms with Crippen LogP contribution in [0.15, 0.2) is 0 Å². The third kappa shape index (κ3) is 0.983. The summed E-state index contributed by atoms with van der Waals surface area (Å²) >= 11 is 0. The van der Waals surface area contributed by atoms with Crippen LogP contribution >= 0.6 is 0 Å². The molecule has 1 aromatic rings. The number of imidazole rings is 1. The zero-order chi connectivity index (χ0) is 8.27. The van der Waals surface area contributed by atoms with Crippen molar-refractivity contribution < 1.29 is 0 Å². The normalized spacial score (nSPS) is 7.73. The van der Waals surface area contributed by atoms with Gasteiger partial charge in [-0.1, -0.05) is 11.6 Å². The van der Waals surface area contributed by atoms with E-state index < -0.39 is 0 Å². The van der Waals surface area contributed by atoms with E-state index in [2.05, 4.69) is 19.8 Å². The lowest BCUT2D eigenvalue weighted by Gasteiger charge is -1.74. The number of rotatable bonds is 0. The van der Waals surface area contributed by atoms with Crippen LogP contribution in [-0.4, -0.2) is 9.97 Å². The molecule has 50 valence electrons. The van der Waals surface area contributed by atoms with Crippen molar-refractivity contribution in [2.24, 2.45) is 0 Å². The maximum absolute atomic E-state index is 8.36. The van der Waals surface area contributed by atoms with Gasteiger partial charge in [-0.15, -0.1) is 0 Å². The van der Waals surface area contributed by atoms with Crippen LogP contribution in [0.1, 0.15) is 5.69 Å². The maximum Gasteiger partial charge on any atom is 0.513 e. The Morgan fingerprint density at radius 3 is 2.73 bits per heavy atom. The first-order valence-corrected chi connectivity index (χ1v) is 2.54. The number of aromatic nitrogens is 2. The zero-order valence-corrected chi connectivity index (χ0v) is 5.24. The predicted molar refractivity (Wildman–Crippen MR) is 34.3 cm³/mol. The molecule has 0 fully saturated rings. The zero-order valence-electron chi connectivity index (χ0n) is 5.24. The molecule has 0 radical (unpaired) electrons. The van der Waals surface area contributed by atoms with E-state index in [4.69, 9.17) is 17.2 Å². The first-order chi connectivity index (χ1) is 5.31. The second kappa shape index (κ2) is 2.47. The average Bonchev–Trinajstić information content (AvgIpc) is 2.46. The summed E-state index contributed by atoms with van der Waals surface area (Å²) in [6.07, 6.45) is 0. The van der Waals surface area contributed by atoms with E-state index in [1.54, 1.807) is 6.07 Å². The molecule has 0 saturated heterocycles. The lowest BCUT2D eigenvalue weighted by Crippen LogP contribution is -1.68. The number of nitrogens with one attached hydrogen (secondary N) is 1. The lowest BCUT2D eigenvalue weighted by molar-refractivity contribution is 1.29. The van der Waals surface area contributed by atoms with E-state index in [-0.39, 0.29) is 17.5 Å². The van der Waals surface area contributed by atoms with Gasteiger partial charge >= 0.3 is 5.95 Å². The molecule has 1 rings (SSSR count). The van der Waals surface area contributed by atoms with E-state index in [0.717, 1.165) is 0 Å². The Balaban J connectivity index is 3.32. The molecule has 0 atom stereocenters. The van der Waals surface area contributed by atoms with Gasteiger partial charge in [0.05, 0.1) is 5.39 Å². The molecule has 6 nitrogen and oxygen atoms in total. The first-order valence-electron chi connectivity index (χ1n) is 2.54. The molecule has 1 aromatic heterocycles. The third-order valence-electron chi connectivity index (χ3n) is 0.985. The van der Waals surface area contributed by atoms with E-state index in [0.29, 0.717) is 0 Å². The molecular weight excluding hydrogens is 144 g/mol. The minimum Gasteiger partial charge on any atom is -0.367 e. The smallest absolute Gasteiger partial charge is 0.367 e. The van der Waals surface area contributed by atoms with Crippen molar-refractivity contribution in [2.75, 3.05) is 0 Å². The summed E-state index contributed by atoms with van der Waals surface area (Å²) in [6, 6.07) is 1.67. The van der Waals surface area contributed by atoms with E-state index in [1.165, 1.54) is 0 Å². The highest BCUT2D eigenvalue weighted by Gasteiger charge is 2.15. The quantitative estimate of drug-likeness (QED) is 0.441. The molecule has 0 aliphatic carbocycles. The van der Waals surface area contributed by atoms with Gasteiger partial charge in [0.2, 0.25) is 5.69 Å². The molecule has 0 aliphatic heterocycles. The number of H-pyrrole nitrogens is 1. The van der Waals surface area contributed by atoms with E-state index in [9.17, 15) is 0 Å².